The number of nitrogens with two attached hydrogens (primary N) is 1. The maximum Gasteiger partial charge on any atom is 0.0678 e. The van der Waals surface area contributed by atoms with E-state index in [1.165, 1.54) is 17.5 Å². The molecule has 1 aromatic carbocycles. The van der Waals surface area contributed by atoms with Crippen molar-refractivity contribution >= 4 is 5.69 Å². The highest BCUT2D eigenvalue weighted by Crippen LogP contribution is 2.37. The molecule has 0 saturated carbocycles. The summed E-state index contributed by atoms with van der Waals surface area (Å²) in [6, 6.07) is 6.95. The summed E-state index contributed by atoms with van der Waals surface area (Å²) in [5, 5.41) is 0. The van der Waals surface area contributed by atoms with Crippen LogP contribution in [0.15, 0.2) is 18.2 Å². The highest BCUT2D eigenvalue weighted by Gasteiger charge is 2.32. The van der Waals surface area contributed by atoms with Gasteiger partial charge in [0, 0.05) is 24.8 Å². The van der Waals surface area contributed by atoms with Gasteiger partial charge in [0.1, 0.15) is 0 Å². The van der Waals surface area contributed by atoms with Crippen LogP contribution in [0.3, 0.4) is 0 Å². The van der Waals surface area contributed by atoms with E-state index in [2.05, 4.69) is 30.9 Å². The van der Waals surface area contributed by atoms with Crippen molar-refractivity contribution in [3.8, 4) is 0 Å². The lowest BCUT2D eigenvalue weighted by atomic mass is 10.0. The van der Waals surface area contributed by atoms with Gasteiger partial charge in [-0.2, -0.15) is 0 Å². The molecular weight excluding hydrogens is 224 g/mol. The van der Waals surface area contributed by atoms with Crippen LogP contribution in [0.2, 0.25) is 0 Å². The smallest absolute Gasteiger partial charge is 0.0678 e. The average molecular weight is 246 g/mol. The van der Waals surface area contributed by atoms with E-state index in [1.807, 2.05) is 6.07 Å². The molecule has 3 atom stereocenters. The summed E-state index contributed by atoms with van der Waals surface area (Å²) in [7, 11) is 0. The Morgan fingerprint density at radius 2 is 1.94 bits per heavy atom. The molecule has 0 spiro atoms. The molecule has 1 saturated heterocycles. The van der Waals surface area contributed by atoms with Gasteiger partial charge in [-0.1, -0.05) is 6.07 Å². The third-order valence-electron chi connectivity index (χ3n) is 4.10. The molecule has 1 unspecified atom stereocenters. The van der Waals surface area contributed by atoms with E-state index < -0.39 is 0 Å². The molecule has 0 radical (unpaired) electrons. The average Bonchev–Trinajstić information content (AvgIpc) is 2.70. The third-order valence-corrected chi connectivity index (χ3v) is 4.10. The molecule has 3 nitrogen and oxygen atoms in total. The minimum Gasteiger partial charge on any atom is -0.399 e. The molecule has 1 aliphatic heterocycles. The second kappa shape index (κ2) is 4.56. The highest BCUT2D eigenvalue weighted by atomic mass is 16.5. The van der Waals surface area contributed by atoms with Crippen LogP contribution in [0.25, 0.3) is 0 Å². The zero-order valence-corrected chi connectivity index (χ0v) is 11.2. The number of hydrogen-bond donors (Lipinski definition) is 1. The minimum absolute atomic E-state index is 0.339. The van der Waals surface area contributed by atoms with Gasteiger partial charge in [0.25, 0.3) is 0 Å². The molecule has 1 fully saturated rings. The fourth-order valence-corrected chi connectivity index (χ4v) is 3.47. The van der Waals surface area contributed by atoms with Gasteiger partial charge in [0.15, 0.2) is 0 Å². The number of nitrogen functional groups attached to an aromatic ring is 1. The standard InChI is InChI=1S/C15H22N2O/c1-10-8-17(9-11(2)18-10)15-6-3-12-7-13(16)4-5-14(12)15/h4-5,7,10-11,15H,3,6,8-9,16H2,1-2H3/t10-,11+,15?. The van der Waals surface area contributed by atoms with Crippen molar-refractivity contribution in [2.45, 2.75) is 44.9 Å². The van der Waals surface area contributed by atoms with Gasteiger partial charge in [-0.25, -0.2) is 0 Å². The monoisotopic (exact) mass is 246 g/mol. The molecule has 1 aliphatic carbocycles. The van der Waals surface area contributed by atoms with E-state index in [1.54, 1.807) is 0 Å². The molecule has 1 heterocycles. The van der Waals surface area contributed by atoms with Crippen LogP contribution in [0.4, 0.5) is 5.69 Å². The van der Waals surface area contributed by atoms with E-state index in [0.29, 0.717) is 18.2 Å². The van der Waals surface area contributed by atoms with Crippen LogP contribution in [-0.2, 0) is 11.2 Å². The number of fused-ring (bicyclic) bond motifs is 1. The van der Waals surface area contributed by atoms with Gasteiger partial charge in [0.2, 0.25) is 0 Å². The van der Waals surface area contributed by atoms with Gasteiger partial charge in [0.05, 0.1) is 12.2 Å². The van der Waals surface area contributed by atoms with E-state index in [0.717, 1.165) is 25.2 Å². The Balaban J connectivity index is 1.83. The highest BCUT2D eigenvalue weighted by molar-refractivity contribution is 5.47. The second-order valence-corrected chi connectivity index (χ2v) is 5.72. The van der Waals surface area contributed by atoms with Gasteiger partial charge in [-0.15, -0.1) is 0 Å². The summed E-state index contributed by atoms with van der Waals surface area (Å²) < 4.78 is 5.82. The second-order valence-electron chi connectivity index (χ2n) is 5.72. The minimum atomic E-state index is 0.339. The van der Waals surface area contributed by atoms with E-state index in [-0.39, 0.29) is 0 Å². The number of ether oxygens (including phenoxy) is 1. The number of aryl methyl sites for hydroxylation is 1. The van der Waals surface area contributed by atoms with E-state index in [4.69, 9.17) is 10.5 Å². The fourth-order valence-electron chi connectivity index (χ4n) is 3.47. The summed E-state index contributed by atoms with van der Waals surface area (Å²) in [4.78, 5) is 2.58. The Morgan fingerprint density at radius 1 is 1.22 bits per heavy atom. The molecule has 2 N–H and O–H groups in total. The normalized spacial score (nSPS) is 32.4. The number of morpholine rings is 1. The molecule has 0 amide bonds. The molecule has 0 bridgehead atoms. The number of nitrogens with zero attached hydrogens (tertiary/aromatic N) is 1. The Bertz CT molecular complexity index is 436. The molecule has 98 valence electrons. The van der Waals surface area contributed by atoms with Crippen LogP contribution < -0.4 is 5.73 Å². The van der Waals surface area contributed by atoms with Gasteiger partial charge >= 0.3 is 0 Å². The summed E-state index contributed by atoms with van der Waals surface area (Å²) in [6.45, 7) is 6.42. The Hall–Kier alpha value is -1.06. The SMILES string of the molecule is C[C@@H]1CN(C2CCc3cc(N)ccc32)C[C@H](C)O1. The van der Waals surface area contributed by atoms with Crippen molar-refractivity contribution in [2.24, 2.45) is 0 Å². The summed E-state index contributed by atoms with van der Waals surface area (Å²) in [6.07, 6.45) is 3.06. The van der Waals surface area contributed by atoms with Gasteiger partial charge in [-0.05, 0) is 49.9 Å². The van der Waals surface area contributed by atoms with Crippen molar-refractivity contribution < 1.29 is 4.74 Å². The van der Waals surface area contributed by atoms with Gasteiger partial charge in [-0.3, -0.25) is 4.90 Å². The van der Waals surface area contributed by atoms with Crippen molar-refractivity contribution in [1.29, 1.82) is 0 Å². The predicted molar refractivity (Wildman–Crippen MR) is 73.5 cm³/mol. The Morgan fingerprint density at radius 3 is 2.67 bits per heavy atom. The molecule has 1 aromatic rings. The predicted octanol–water partition coefficient (Wildman–Crippen LogP) is 2.37. The molecule has 3 heteroatoms. The lowest BCUT2D eigenvalue weighted by Gasteiger charge is -2.39. The molecule has 3 rings (SSSR count). The maximum atomic E-state index is 5.87. The maximum absolute atomic E-state index is 5.87. The summed E-state index contributed by atoms with van der Waals surface area (Å²) >= 11 is 0. The van der Waals surface area contributed by atoms with Crippen molar-refractivity contribution in [2.75, 3.05) is 18.8 Å². The first-order valence-corrected chi connectivity index (χ1v) is 6.91. The number of hydrogen-bond acceptors (Lipinski definition) is 3. The van der Waals surface area contributed by atoms with E-state index in [9.17, 15) is 0 Å². The zero-order chi connectivity index (χ0) is 12.7. The molecule has 2 aliphatic rings. The molecule has 0 aromatic heterocycles. The lowest BCUT2D eigenvalue weighted by molar-refractivity contribution is -0.0807. The van der Waals surface area contributed by atoms with Gasteiger partial charge < -0.3 is 10.5 Å². The third kappa shape index (κ3) is 2.13. The quantitative estimate of drug-likeness (QED) is 0.773. The largest absolute Gasteiger partial charge is 0.399 e. The van der Waals surface area contributed by atoms with Crippen molar-refractivity contribution in [3.05, 3.63) is 29.3 Å². The van der Waals surface area contributed by atoms with E-state index >= 15 is 0 Å². The van der Waals surface area contributed by atoms with Crippen LogP contribution >= 0.6 is 0 Å². The Labute approximate surface area is 109 Å². The molecular formula is C15H22N2O. The first-order valence-electron chi connectivity index (χ1n) is 6.91. The number of benzene rings is 1. The van der Waals surface area contributed by atoms with Crippen LogP contribution in [-0.4, -0.2) is 30.2 Å². The van der Waals surface area contributed by atoms with Crippen molar-refractivity contribution in [3.63, 3.8) is 0 Å². The summed E-state index contributed by atoms with van der Waals surface area (Å²) in [5.41, 5.74) is 9.67. The lowest BCUT2D eigenvalue weighted by Crippen LogP contribution is -2.46. The topological polar surface area (TPSA) is 38.5 Å². The number of anilines is 1. The van der Waals surface area contributed by atoms with Crippen LogP contribution in [0, 0.1) is 0 Å². The Kier molecular flexibility index (Phi) is 3.04. The summed E-state index contributed by atoms with van der Waals surface area (Å²) in [5.74, 6) is 0. The molecule has 18 heavy (non-hydrogen) atoms. The first kappa shape index (κ1) is 12.0. The fraction of sp³-hybridized carbons (Fsp3) is 0.600. The van der Waals surface area contributed by atoms with Crippen LogP contribution in [0.1, 0.15) is 37.4 Å². The first-order chi connectivity index (χ1) is 8.63. The van der Waals surface area contributed by atoms with Crippen molar-refractivity contribution in [1.82, 2.24) is 4.90 Å². The number of rotatable bonds is 1. The zero-order valence-electron chi connectivity index (χ0n) is 11.2. The van der Waals surface area contributed by atoms with Crippen LogP contribution in [0.5, 0.6) is 0 Å².